The van der Waals surface area contributed by atoms with E-state index in [0.717, 1.165) is 14.8 Å². The minimum Gasteiger partial charge on any atom is -0.508 e. The molecule has 0 saturated heterocycles. The van der Waals surface area contributed by atoms with Gasteiger partial charge >= 0.3 is 0 Å². The average Bonchev–Trinajstić information content (AvgIpc) is 3.18. The van der Waals surface area contributed by atoms with Gasteiger partial charge in [-0.25, -0.2) is 9.97 Å². The molecule has 3 nitrogen and oxygen atoms in total. The lowest BCUT2D eigenvalue weighted by atomic mass is 10.2. The number of phenolic OH excluding ortho intramolecular Hbond substituents is 1. The molecule has 0 unspecified atom stereocenters. The van der Waals surface area contributed by atoms with Crippen LogP contribution in [0.15, 0.2) is 24.3 Å². The summed E-state index contributed by atoms with van der Waals surface area (Å²) in [6.45, 7) is 0. The summed E-state index contributed by atoms with van der Waals surface area (Å²) in [5, 5.41) is 9.80. The van der Waals surface area contributed by atoms with Gasteiger partial charge in [0, 0.05) is 11.5 Å². The molecule has 5 heteroatoms. The van der Waals surface area contributed by atoms with Crippen LogP contribution < -0.4 is 0 Å². The molecule has 1 aliphatic rings. The van der Waals surface area contributed by atoms with Crippen LogP contribution in [0, 0.1) is 3.57 Å². The molecule has 0 amide bonds. The van der Waals surface area contributed by atoms with Gasteiger partial charge in [-0.2, -0.15) is 0 Å². The maximum absolute atomic E-state index is 9.29. The molecule has 1 aliphatic carbocycles. The first-order chi connectivity index (χ1) is 8.65. The summed E-state index contributed by atoms with van der Waals surface area (Å²) >= 11 is 8.37. The molecule has 0 aliphatic heterocycles. The Morgan fingerprint density at radius 3 is 2.44 bits per heavy atom. The maximum atomic E-state index is 9.29. The van der Waals surface area contributed by atoms with E-state index >= 15 is 0 Å². The van der Waals surface area contributed by atoms with Crippen molar-refractivity contribution in [3.05, 3.63) is 38.7 Å². The van der Waals surface area contributed by atoms with E-state index in [-0.39, 0.29) is 5.75 Å². The molecule has 0 spiro atoms. The molecule has 18 heavy (non-hydrogen) atoms. The van der Waals surface area contributed by atoms with Gasteiger partial charge in [0.05, 0.1) is 9.26 Å². The van der Waals surface area contributed by atoms with Crippen LogP contribution in [-0.4, -0.2) is 15.1 Å². The molecule has 0 atom stereocenters. The quantitative estimate of drug-likeness (QED) is 0.640. The Bertz CT molecular complexity index is 597. The van der Waals surface area contributed by atoms with Crippen molar-refractivity contribution in [3.63, 3.8) is 0 Å². The van der Waals surface area contributed by atoms with Crippen LogP contribution >= 0.6 is 34.2 Å². The van der Waals surface area contributed by atoms with Crippen molar-refractivity contribution in [2.75, 3.05) is 0 Å². The predicted octanol–water partition coefficient (Wildman–Crippen LogP) is 3.98. The van der Waals surface area contributed by atoms with Crippen molar-refractivity contribution in [1.82, 2.24) is 9.97 Å². The monoisotopic (exact) mass is 372 g/mol. The fraction of sp³-hybridized carbons (Fsp3) is 0.231. The van der Waals surface area contributed by atoms with Gasteiger partial charge in [-0.15, -0.1) is 0 Å². The van der Waals surface area contributed by atoms with E-state index in [4.69, 9.17) is 11.6 Å². The minimum absolute atomic E-state index is 0.234. The van der Waals surface area contributed by atoms with Gasteiger partial charge in [0.1, 0.15) is 10.9 Å². The number of halogens is 2. The summed E-state index contributed by atoms with van der Waals surface area (Å²) in [6.07, 6.45) is 2.36. The largest absolute Gasteiger partial charge is 0.508 e. The first-order valence-corrected chi connectivity index (χ1v) is 7.13. The second kappa shape index (κ2) is 4.66. The SMILES string of the molecule is Oc1ccc(-c2nc(Cl)c(I)c(C3CC3)n2)cc1. The Labute approximate surface area is 123 Å². The van der Waals surface area contributed by atoms with Crippen molar-refractivity contribution in [3.8, 4) is 17.1 Å². The molecule has 0 bridgehead atoms. The van der Waals surface area contributed by atoms with Crippen LogP contribution in [-0.2, 0) is 0 Å². The zero-order valence-electron chi connectivity index (χ0n) is 9.40. The molecule has 0 radical (unpaired) electrons. The molecule has 1 saturated carbocycles. The predicted molar refractivity (Wildman–Crippen MR) is 78.8 cm³/mol. The standard InChI is InChI=1S/C13H10ClIN2O/c14-12-10(15)11(7-1-2-7)16-13(17-12)8-3-5-9(18)6-4-8/h3-7,18H,1-2H2. The molecule has 1 aromatic carbocycles. The molecule has 92 valence electrons. The molecular weight excluding hydrogens is 363 g/mol. The second-order valence-corrected chi connectivity index (χ2v) is 5.80. The number of nitrogens with zero attached hydrogens (tertiary/aromatic N) is 2. The van der Waals surface area contributed by atoms with Crippen molar-refractivity contribution in [2.24, 2.45) is 0 Å². The van der Waals surface area contributed by atoms with Crippen molar-refractivity contribution < 1.29 is 5.11 Å². The Balaban J connectivity index is 2.09. The smallest absolute Gasteiger partial charge is 0.161 e. The number of rotatable bonds is 2. The molecule has 2 aromatic rings. The summed E-state index contributed by atoms with van der Waals surface area (Å²) in [4.78, 5) is 8.92. The lowest BCUT2D eigenvalue weighted by Gasteiger charge is -2.07. The van der Waals surface area contributed by atoms with Gasteiger partial charge in [0.15, 0.2) is 5.82 Å². The van der Waals surface area contributed by atoms with Gasteiger partial charge in [0.25, 0.3) is 0 Å². The summed E-state index contributed by atoms with van der Waals surface area (Å²) in [5.41, 5.74) is 1.92. The van der Waals surface area contributed by atoms with E-state index < -0.39 is 0 Å². The number of aromatic hydroxyl groups is 1. The van der Waals surface area contributed by atoms with Crippen LogP contribution in [0.1, 0.15) is 24.5 Å². The zero-order valence-corrected chi connectivity index (χ0v) is 12.3. The van der Waals surface area contributed by atoms with Crippen LogP contribution in [0.5, 0.6) is 5.75 Å². The third-order valence-electron chi connectivity index (χ3n) is 2.93. The number of hydrogen-bond acceptors (Lipinski definition) is 3. The molecule has 1 N–H and O–H groups in total. The fourth-order valence-corrected chi connectivity index (χ4v) is 2.66. The van der Waals surface area contributed by atoms with E-state index in [1.807, 2.05) is 0 Å². The summed E-state index contributed by atoms with van der Waals surface area (Å²) < 4.78 is 0.958. The van der Waals surface area contributed by atoms with E-state index in [9.17, 15) is 5.11 Å². The van der Waals surface area contributed by atoms with Gasteiger partial charge in [0.2, 0.25) is 0 Å². The third-order valence-corrected chi connectivity index (χ3v) is 4.58. The lowest BCUT2D eigenvalue weighted by molar-refractivity contribution is 0.475. The van der Waals surface area contributed by atoms with Gasteiger partial charge < -0.3 is 5.11 Å². The number of aromatic nitrogens is 2. The van der Waals surface area contributed by atoms with E-state index in [0.29, 0.717) is 16.9 Å². The highest BCUT2D eigenvalue weighted by Crippen LogP contribution is 2.42. The van der Waals surface area contributed by atoms with Crippen LogP contribution in [0.2, 0.25) is 5.15 Å². The van der Waals surface area contributed by atoms with Crippen LogP contribution in [0.3, 0.4) is 0 Å². The number of hydrogen-bond donors (Lipinski definition) is 1. The van der Waals surface area contributed by atoms with Crippen molar-refractivity contribution in [1.29, 1.82) is 0 Å². The second-order valence-electron chi connectivity index (χ2n) is 4.36. The fourth-order valence-electron chi connectivity index (χ4n) is 1.80. The Hall–Kier alpha value is -0.880. The average molecular weight is 373 g/mol. The lowest BCUT2D eigenvalue weighted by Crippen LogP contribution is -1.99. The first-order valence-electron chi connectivity index (χ1n) is 5.67. The van der Waals surface area contributed by atoms with Gasteiger partial charge in [-0.1, -0.05) is 11.6 Å². The molecule has 1 aromatic heterocycles. The van der Waals surface area contributed by atoms with Gasteiger partial charge in [-0.3, -0.25) is 0 Å². The van der Waals surface area contributed by atoms with Crippen molar-refractivity contribution in [2.45, 2.75) is 18.8 Å². The highest BCUT2D eigenvalue weighted by molar-refractivity contribution is 14.1. The Morgan fingerprint density at radius 1 is 1.17 bits per heavy atom. The first kappa shape index (κ1) is 12.2. The van der Waals surface area contributed by atoms with E-state index in [1.165, 1.54) is 12.8 Å². The van der Waals surface area contributed by atoms with Crippen molar-refractivity contribution >= 4 is 34.2 Å². The maximum Gasteiger partial charge on any atom is 0.161 e. The van der Waals surface area contributed by atoms with E-state index in [2.05, 4.69) is 32.6 Å². The van der Waals surface area contributed by atoms with Crippen LogP contribution in [0.4, 0.5) is 0 Å². The Morgan fingerprint density at radius 2 is 1.83 bits per heavy atom. The Kier molecular flexibility index (Phi) is 3.15. The summed E-state index contributed by atoms with van der Waals surface area (Å²) in [7, 11) is 0. The molecule has 3 rings (SSSR count). The van der Waals surface area contributed by atoms with Gasteiger partial charge in [-0.05, 0) is 59.7 Å². The van der Waals surface area contributed by atoms with Crippen LogP contribution in [0.25, 0.3) is 11.4 Å². The topological polar surface area (TPSA) is 46.0 Å². The summed E-state index contributed by atoms with van der Waals surface area (Å²) in [6, 6.07) is 6.85. The third kappa shape index (κ3) is 2.31. The normalized spacial score (nSPS) is 14.8. The highest BCUT2D eigenvalue weighted by Gasteiger charge is 2.29. The number of phenols is 1. The molecular formula is C13H10ClIN2O. The number of benzene rings is 1. The molecule has 1 heterocycles. The minimum atomic E-state index is 0.234. The highest BCUT2D eigenvalue weighted by atomic mass is 127. The zero-order chi connectivity index (χ0) is 12.7. The molecule has 1 fully saturated rings. The summed E-state index contributed by atoms with van der Waals surface area (Å²) in [5.74, 6) is 1.40. The van der Waals surface area contributed by atoms with E-state index in [1.54, 1.807) is 24.3 Å².